The topological polar surface area (TPSA) is 70.6 Å². The SMILES string of the molecule is Cc1ccc(NC(N)=NCC2(O)CCC2)cc1.I. The Hall–Kier alpha value is -0.820. The third-order valence-electron chi connectivity index (χ3n) is 3.15. The van der Waals surface area contributed by atoms with Gasteiger partial charge in [-0.05, 0) is 38.3 Å². The number of aliphatic hydroxyl groups is 1. The fourth-order valence-electron chi connectivity index (χ4n) is 1.80. The maximum Gasteiger partial charge on any atom is 0.193 e. The van der Waals surface area contributed by atoms with Crippen molar-refractivity contribution in [1.82, 2.24) is 0 Å². The van der Waals surface area contributed by atoms with E-state index in [2.05, 4.69) is 10.3 Å². The van der Waals surface area contributed by atoms with Gasteiger partial charge in [0.15, 0.2) is 5.96 Å². The van der Waals surface area contributed by atoms with Gasteiger partial charge < -0.3 is 16.2 Å². The molecule has 1 saturated carbocycles. The lowest BCUT2D eigenvalue weighted by Crippen LogP contribution is -2.41. The van der Waals surface area contributed by atoms with E-state index in [1.165, 1.54) is 5.56 Å². The summed E-state index contributed by atoms with van der Waals surface area (Å²) in [5.41, 5.74) is 7.26. The predicted octanol–water partition coefficient (Wildman–Crippen LogP) is 2.25. The molecule has 0 heterocycles. The highest BCUT2D eigenvalue weighted by molar-refractivity contribution is 14.0. The van der Waals surface area contributed by atoms with Crippen molar-refractivity contribution < 1.29 is 5.11 Å². The van der Waals surface area contributed by atoms with Crippen molar-refractivity contribution in [2.24, 2.45) is 10.7 Å². The zero-order chi connectivity index (χ0) is 12.3. The van der Waals surface area contributed by atoms with E-state index in [-0.39, 0.29) is 24.0 Å². The van der Waals surface area contributed by atoms with E-state index >= 15 is 0 Å². The summed E-state index contributed by atoms with van der Waals surface area (Å²) in [6, 6.07) is 7.93. The first-order chi connectivity index (χ1) is 8.07. The Bertz CT molecular complexity index is 413. The fraction of sp³-hybridized carbons (Fsp3) is 0.462. The van der Waals surface area contributed by atoms with Gasteiger partial charge in [0.05, 0.1) is 12.1 Å². The minimum absolute atomic E-state index is 0. The van der Waals surface area contributed by atoms with Crippen LogP contribution in [0.4, 0.5) is 5.69 Å². The maximum absolute atomic E-state index is 9.87. The van der Waals surface area contributed by atoms with Crippen LogP contribution >= 0.6 is 24.0 Å². The van der Waals surface area contributed by atoms with E-state index in [4.69, 9.17) is 5.73 Å². The molecule has 0 radical (unpaired) electrons. The number of aliphatic imine (C=N–C) groups is 1. The summed E-state index contributed by atoms with van der Waals surface area (Å²) >= 11 is 0. The van der Waals surface area contributed by atoms with Gasteiger partial charge in [0.1, 0.15) is 0 Å². The van der Waals surface area contributed by atoms with Crippen molar-refractivity contribution >= 4 is 35.6 Å². The molecule has 1 aromatic rings. The summed E-state index contributed by atoms with van der Waals surface area (Å²) in [6.45, 7) is 2.42. The van der Waals surface area contributed by atoms with E-state index in [9.17, 15) is 5.11 Å². The number of aryl methyl sites for hydroxylation is 1. The smallest absolute Gasteiger partial charge is 0.193 e. The van der Waals surface area contributed by atoms with Gasteiger partial charge in [0, 0.05) is 5.69 Å². The molecule has 0 aliphatic heterocycles. The lowest BCUT2D eigenvalue weighted by Gasteiger charge is -2.34. The second kappa shape index (κ2) is 6.38. The monoisotopic (exact) mass is 361 g/mol. The third-order valence-corrected chi connectivity index (χ3v) is 3.15. The van der Waals surface area contributed by atoms with Crippen LogP contribution in [0.15, 0.2) is 29.3 Å². The minimum atomic E-state index is -0.612. The van der Waals surface area contributed by atoms with Crippen LogP contribution in [0.5, 0.6) is 0 Å². The van der Waals surface area contributed by atoms with Crippen molar-refractivity contribution in [3.8, 4) is 0 Å². The van der Waals surface area contributed by atoms with Crippen LogP contribution in [0.2, 0.25) is 0 Å². The molecule has 0 unspecified atom stereocenters. The average molecular weight is 361 g/mol. The third kappa shape index (κ3) is 4.13. The van der Waals surface area contributed by atoms with Gasteiger partial charge in [0.2, 0.25) is 0 Å². The van der Waals surface area contributed by atoms with Crippen molar-refractivity contribution in [3.05, 3.63) is 29.8 Å². The zero-order valence-corrected chi connectivity index (χ0v) is 12.8. The minimum Gasteiger partial charge on any atom is -0.388 e. The Labute approximate surface area is 125 Å². The van der Waals surface area contributed by atoms with Crippen LogP contribution < -0.4 is 11.1 Å². The zero-order valence-electron chi connectivity index (χ0n) is 10.5. The molecular formula is C13H20IN3O. The number of nitrogens with one attached hydrogen (secondary N) is 1. The molecule has 4 N–H and O–H groups in total. The first-order valence-electron chi connectivity index (χ1n) is 5.93. The number of hydrogen-bond donors (Lipinski definition) is 3. The van der Waals surface area contributed by atoms with Gasteiger partial charge in [-0.3, -0.25) is 4.99 Å². The molecule has 0 atom stereocenters. The van der Waals surface area contributed by atoms with Gasteiger partial charge in [-0.15, -0.1) is 24.0 Å². The molecular weight excluding hydrogens is 341 g/mol. The highest BCUT2D eigenvalue weighted by Crippen LogP contribution is 2.31. The molecule has 4 nitrogen and oxygen atoms in total. The molecule has 18 heavy (non-hydrogen) atoms. The Morgan fingerprint density at radius 2 is 2.00 bits per heavy atom. The molecule has 0 saturated heterocycles. The van der Waals surface area contributed by atoms with Gasteiger partial charge in [0.25, 0.3) is 0 Å². The number of anilines is 1. The second-order valence-electron chi connectivity index (χ2n) is 4.77. The molecule has 0 amide bonds. The van der Waals surface area contributed by atoms with Crippen LogP contribution in [0.3, 0.4) is 0 Å². The van der Waals surface area contributed by atoms with Crippen molar-refractivity contribution in [2.75, 3.05) is 11.9 Å². The Balaban J connectivity index is 0.00000162. The number of rotatable bonds is 3. The van der Waals surface area contributed by atoms with E-state index in [0.717, 1.165) is 24.9 Å². The Morgan fingerprint density at radius 1 is 1.39 bits per heavy atom. The number of guanidine groups is 1. The van der Waals surface area contributed by atoms with Crippen molar-refractivity contribution in [2.45, 2.75) is 31.8 Å². The Morgan fingerprint density at radius 3 is 2.50 bits per heavy atom. The normalized spacial score (nSPS) is 17.6. The maximum atomic E-state index is 9.87. The first kappa shape index (κ1) is 15.2. The van der Waals surface area contributed by atoms with Crippen LogP contribution in [0, 0.1) is 6.92 Å². The van der Waals surface area contributed by atoms with Crippen LogP contribution in [-0.4, -0.2) is 23.2 Å². The highest BCUT2D eigenvalue weighted by atomic mass is 127. The molecule has 2 rings (SSSR count). The fourth-order valence-corrected chi connectivity index (χ4v) is 1.80. The summed E-state index contributed by atoms with van der Waals surface area (Å²) < 4.78 is 0. The molecule has 1 fully saturated rings. The molecule has 1 aromatic carbocycles. The van der Waals surface area contributed by atoms with E-state index in [0.29, 0.717) is 12.5 Å². The first-order valence-corrected chi connectivity index (χ1v) is 5.93. The predicted molar refractivity (Wildman–Crippen MR) is 85.5 cm³/mol. The van der Waals surface area contributed by atoms with Crippen LogP contribution in [0.25, 0.3) is 0 Å². The molecule has 100 valence electrons. The molecule has 0 aromatic heterocycles. The van der Waals surface area contributed by atoms with Gasteiger partial charge in [-0.2, -0.15) is 0 Å². The summed E-state index contributed by atoms with van der Waals surface area (Å²) in [5, 5.41) is 12.9. The largest absolute Gasteiger partial charge is 0.388 e. The summed E-state index contributed by atoms with van der Waals surface area (Å²) in [4.78, 5) is 4.17. The number of benzene rings is 1. The quantitative estimate of drug-likeness (QED) is 0.439. The molecule has 0 spiro atoms. The number of halogens is 1. The van der Waals surface area contributed by atoms with Crippen LogP contribution in [0.1, 0.15) is 24.8 Å². The summed E-state index contributed by atoms with van der Waals surface area (Å²) in [5.74, 6) is 0.356. The highest BCUT2D eigenvalue weighted by Gasteiger charge is 2.33. The van der Waals surface area contributed by atoms with Crippen LogP contribution in [-0.2, 0) is 0 Å². The number of nitrogens with two attached hydrogens (primary N) is 1. The molecule has 1 aliphatic rings. The summed E-state index contributed by atoms with van der Waals surface area (Å²) in [7, 11) is 0. The Kier molecular flexibility index (Phi) is 5.40. The van der Waals surface area contributed by atoms with Crippen molar-refractivity contribution in [1.29, 1.82) is 0 Å². The van der Waals surface area contributed by atoms with Gasteiger partial charge in [-0.25, -0.2) is 0 Å². The van der Waals surface area contributed by atoms with E-state index in [1.807, 2.05) is 31.2 Å². The summed E-state index contributed by atoms with van der Waals surface area (Å²) in [6.07, 6.45) is 2.74. The standard InChI is InChI=1S/C13H19N3O.HI/c1-10-3-5-11(6-4-10)16-12(14)15-9-13(17)7-2-8-13;/h3-6,17H,2,7-9H2,1H3,(H3,14,15,16);1H. The van der Waals surface area contributed by atoms with E-state index < -0.39 is 5.60 Å². The molecule has 0 bridgehead atoms. The lowest BCUT2D eigenvalue weighted by atomic mass is 9.80. The molecule has 1 aliphatic carbocycles. The average Bonchev–Trinajstić information content (AvgIpc) is 2.27. The second-order valence-corrected chi connectivity index (χ2v) is 4.77. The lowest BCUT2D eigenvalue weighted by molar-refractivity contribution is -0.0235. The number of hydrogen-bond acceptors (Lipinski definition) is 2. The van der Waals surface area contributed by atoms with Crippen molar-refractivity contribution in [3.63, 3.8) is 0 Å². The van der Waals surface area contributed by atoms with E-state index in [1.54, 1.807) is 0 Å². The number of nitrogens with zero attached hydrogens (tertiary/aromatic N) is 1. The van der Waals surface area contributed by atoms with Gasteiger partial charge in [-0.1, -0.05) is 17.7 Å². The van der Waals surface area contributed by atoms with Gasteiger partial charge >= 0.3 is 0 Å². The molecule has 5 heteroatoms.